The Balaban J connectivity index is 2.30. The van der Waals surface area contributed by atoms with Gasteiger partial charge in [-0.1, -0.05) is 12.8 Å². The quantitative estimate of drug-likeness (QED) is 0.536. The van der Waals surface area contributed by atoms with Gasteiger partial charge in [0.15, 0.2) is 0 Å². The molecular weight excluding hydrogens is 130 g/mol. The van der Waals surface area contributed by atoms with E-state index in [0.717, 1.165) is 6.54 Å². The number of rotatable bonds is 1. The van der Waals surface area contributed by atoms with Gasteiger partial charge in [-0.15, -0.1) is 0 Å². The standard InChI is InChI=1S/C7H15NS/c8-5-6-3-1-2-4-7(6)9/h6-7,9H,1-5,8H2. The van der Waals surface area contributed by atoms with Crippen molar-refractivity contribution < 1.29 is 0 Å². The molecule has 1 aliphatic rings. The molecule has 9 heavy (non-hydrogen) atoms. The summed E-state index contributed by atoms with van der Waals surface area (Å²) in [7, 11) is 0. The normalized spacial score (nSPS) is 36.7. The zero-order valence-corrected chi connectivity index (χ0v) is 6.61. The van der Waals surface area contributed by atoms with E-state index < -0.39 is 0 Å². The number of hydrogen-bond donors (Lipinski definition) is 2. The first kappa shape index (κ1) is 7.42. The van der Waals surface area contributed by atoms with Crippen molar-refractivity contribution in [3.8, 4) is 0 Å². The first-order valence-corrected chi connectivity index (χ1v) is 4.24. The van der Waals surface area contributed by atoms with E-state index in [1.165, 1.54) is 25.7 Å². The summed E-state index contributed by atoms with van der Waals surface area (Å²) in [4.78, 5) is 0. The van der Waals surface area contributed by atoms with Crippen LogP contribution in [0.5, 0.6) is 0 Å². The Morgan fingerprint density at radius 1 is 1.33 bits per heavy atom. The molecule has 54 valence electrons. The summed E-state index contributed by atoms with van der Waals surface area (Å²) in [5.41, 5.74) is 5.54. The molecule has 1 nitrogen and oxygen atoms in total. The minimum Gasteiger partial charge on any atom is -0.330 e. The first-order chi connectivity index (χ1) is 4.34. The second-order valence-electron chi connectivity index (χ2n) is 2.85. The van der Waals surface area contributed by atoms with Gasteiger partial charge in [0, 0.05) is 5.25 Å². The maximum Gasteiger partial charge on any atom is 0.00571 e. The predicted molar refractivity (Wildman–Crippen MR) is 43.8 cm³/mol. The number of nitrogens with two attached hydrogens (primary N) is 1. The molecule has 0 amide bonds. The van der Waals surface area contributed by atoms with Crippen molar-refractivity contribution in [2.24, 2.45) is 11.7 Å². The highest BCUT2D eigenvalue weighted by Crippen LogP contribution is 2.26. The lowest BCUT2D eigenvalue weighted by atomic mass is 9.89. The third-order valence-corrected chi connectivity index (χ3v) is 2.85. The Bertz CT molecular complexity index is 85.0. The van der Waals surface area contributed by atoms with Crippen LogP contribution < -0.4 is 5.73 Å². The van der Waals surface area contributed by atoms with Crippen LogP contribution in [-0.4, -0.2) is 11.8 Å². The topological polar surface area (TPSA) is 26.0 Å². The molecule has 0 spiro atoms. The van der Waals surface area contributed by atoms with Gasteiger partial charge < -0.3 is 5.73 Å². The van der Waals surface area contributed by atoms with Crippen molar-refractivity contribution in [1.82, 2.24) is 0 Å². The van der Waals surface area contributed by atoms with Crippen molar-refractivity contribution >= 4 is 12.6 Å². The third kappa shape index (κ3) is 1.87. The zero-order chi connectivity index (χ0) is 6.69. The molecule has 0 saturated heterocycles. The van der Waals surface area contributed by atoms with E-state index in [0.29, 0.717) is 11.2 Å². The van der Waals surface area contributed by atoms with Gasteiger partial charge >= 0.3 is 0 Å². The van der Waals surface area contributed by atoms with E-state index in [4.69, 9.17) is 5.73 Å². The molecule has 0 bridgehead atoms. The maximum absolute atomic E-state index is 5.54. The van der Waals surface area contributed by atoms with Crippen LogP contribution in [0.1, 0.15) is 25.7 Å². The van der Waals surface area contributed by atoms with E-state index >= 15 is 0 Å². The summed E-state index contributed by atoms with van der Waals surface area (Å²) in [6.07, 6.45) is 5.28. The summed E-state index contributed by atoms with van der Waals surface area (Å²) >= 11 is 4.46. The van der Waals surface area contributed by atoms with E-state index in [2.05, 4.69) is 12.6 Å². The molecular formula is C7H15NS. The molecule has 1 rings (SSSR count). The average Bonchev–Trinajstić information content (AvgIpc) is 1.89. The zero-order valence-electron chi connectivity index (χ0n) is 5.71. The van der Waals surface area contributed by atoms with E-state index in [1.807, 2.05) is 0 Å². The Morgan fingerprint density at radius 2 is 2.00 bits per heavy atom. The molecule has 2 N–H and O–H groups in total. The minimum atomic E-state index is 0.587. The number of thiol groups is 1. The molecule has 0 heterocycles. The Morgan fingerprint density at radius 3 is 2.44 bits per heavy atom. The van der Waals surface area contributed by atoms with E-state index in [-0.39, 0.29) is 0 Å². The van der Waals surface area contributed by atoms with Gasteiger partial charge in [0.2, 0.25) is 0 Å². The Labute approximate surface area is 62.4 Å². The van der Waals surface area contributed by atoms with Crippen molar-refractivity contribution in [2.45, 2.75) is 30.9 Å². The van der Waals surface area contributed by atoms with Crippen LogP contribution in [0, 0.1) is 5.92 Å². The van der Waals surface area contributed by atoms with Gasteiger partial charge in [-0.25, -0.2) is 0 Å². The van der Waals surface area contributed by atoms with Gasteiger partial charge in [0.05, 0.1) is 0 Å². The Hall–Kier alpha value is 0.310. The second-order valence-corrected chi connectivity index (χ2v) is 3.51. The summed E-state index contributed by atoms with van der Waals surface area (Å²) in [5, 5.41) is 0.587. The molecule has 1 fully saturated rings. The monoisotopic (exact) mass is 145 g/mol. The van der Waals surface area contributed by atoms with Gasteiger partial charge in [-0.3, -0.25) is 0 Å². The molecule has 2 unspecified atom stereocenters. The highest BCUT2D eigenvalue weighted by Gasteiger charge is 2.19. The molecule has 0 aromatic heterocycles. The van der Waals surface area contributed by atoms with E-state index in [9.17, 15) is 0 Å². The molecule has 0 aliphatic heterocycles. The molecule has 2 heteroatoms. The fraction of sp³-hybridized carbons (Fsp3) is 1.00. The van der Waals surface area contributed by atoms with Crippen LogP contribution in [0.25, 0.3) is 0 Å². The van der Waals surface area contributed by atoms with Crippen LogP contribution in [0.3, 0.4) is 0 Å². The van der Waals surface area contributed by atoms with Crippen molar-refractivity contribution in [1.29, 1.82) is 0 Å². The molecule has 0 aromatic carbocycles. The van der Waals surface area contributed by atoms with Gasteiger partial charge in [0.25, 0.3) is 0 Å². The molecule has 2 atom stereocenters. The van der Waals surface area contributed by atoms with Crippen molar-refractivity contribution in [2.75, 3.05) is 6.54 Å². The molecule has 0 aromatic rings. The number of hydrogen-bond acceptors (Lipinski definition) is 2. The third-order valence-electron chi connectivity index (χ3n) is 2.17. The van der Waals surface area contributed by atoms with Crippen molar-refractivity contribution in [3.05, 3.63) is 0 Å². The SMILES string of the molecule is NCC1CCCCC1S. The molecule has 1 saturated carbocycles. The van der Waals surface area contributed by atoms with Crippen molar-refractivity contribution in [3.63, 3.8) is 0 Å². The maximum atomic E-state index is 5.54. The van der Waals surface area contributed by atoms with Gasteiger partial charge in [-0.05, 0) is 25.3 Å². The average molecular weight is 145 g/mol. The summed E-state index contributed by atoms with van der Waals surface area (Å²) in [6, 6.07) is 0. The first-order valence-electron chi connectivity index (χ1n) is 3.72. The van der Waals surface area contributed by atoms with Gasteiger partial charge in [-0.2, -0.15) is 12.6 Å². The molecule has 1 aliphatic carbocycles. The minimum absolute atomic E-state index is 0.587. The lowest BCUT2D eigenvalue weighted by Gasteiger charge is -2.26. The Kier molecular flexibility index (Phi) is 2.86. The van der Waals surface area contributed by atoms with Crippen LogP contribution in [-0.2, 0) is 0 Å². The van der Waals surface area contributed by atoms with Crippen LogP contribution in [0.4, 0.5) is 0 Å². The van der Waals surface area contributed by atoms with Crippen LogP contribution in [0.2, 0.25) is 0 Å². The van der Waals surface area contributed by atoms with Gasteiger partial charge in [0.1, 0.15) is 0 Å². The summed E-state index contributed by atoms with van der Waals surface area (Å²) in [6.45, 7) is 0.828. The van der Waals surface area contributed by atoms with E-state index in [1.54, 1.807) is 0 Å². The smallest absolute Gasteiger partial charge is 0.00571 e. The fourth-order valence-corrected chi connectivity index (χ4v) is 1.92. The highest BCUT2D eigenvalue weighted by atomic mass is 32.1. The highest BCUT2D eigenvalue weighted by molar-refractivity contribution is 7.81. The second kappa shape index (κ2) is 3.47. The lowest BCUT2D eigenvalue weighted by Crippen LogP contribution is -2.26. The van der Waals surface area contributed by atoms with Crippen LogP contribution >= 0.6 is 12.6 Å². The summed E-state index contributed by atoms with van der Waals surface area (Å²) in [5.74, 6) is 0.696. The molecule has 0 radical (unpaired) electrons. The largest absolute Gasteiger partial charge is 0.330 e. The summed E-state index contributed by atoms with van der Waals surface area (Å²) < 4.78 is 0. The lowest BCUT2D eigenvalue weighted by molar-refractivity contribution is 0.380. The van der Waals surface area contributed by atoms with Crippen LogP contribution in [0.15, 0.2) is 0 Å². The fourth-order valence-electron chi connectivity index (χ4n) is 1.46. The predicted octanol–water partition coefficient (Wildman–Crippen LogP) is 1.43.